The smallest absolute Gasteiger partial charge is 0.355 e. The van der Waals surface area contributed by atoms with Crippen LogP contribution in [0.25, 0.3) is 10.9 Å². The number of aromatic amines is 1. The van der Waals surface area contributed by atoms with Crippen LogP contribution in [0.2, 0.25) is 5.02 Å². The van der Waals surface area contributed by atoms with E-state index in [4.69, 9.17) is 16.3 Å². The molecule has 2 N–H and O–H groups in total. The van der Waals surface area contributed by atoms with E-state index < -0.39 is 5.97 Å². The molecule has 0 radical (unpaired) electrons. The van der Waals surface area contributed by atoms with Crippen LogP contribution in [0.15, 0.2) is 54.6 Å². The van der Waals surface area contributed by atoms with E-state index in [1.807, 2.05) is 43.3 Å². The fourth-order valence-electron chi connectivity index (χ4n) is 2.51. The summed E-state index contributed by atoms with van der Waals surface area (Å²) in [6.45, 7) is 1.51. The summed E-state index contributed by atoms with van der Waals surface area (Å²) in [7, 11) is 0. The molecule has 0 saturated carbocycles. The van der Waals surface area contributed by atoms with Gasteiger partial charge in [0.25, 0.3) is 5.91 Å². The van der Waals surface area contributed by atoms with Gasteiger partial charge in [-0.25, -0.2) is 4.79 Å². The van der Waals surface area contributed by atoms with E-state index in [-0.39, 0.29) is 18.6 Å². The quantitative estimate of drug-likeness (QED) is 0.682. The van der Waals surface area contributed by atoms with Crippen LogP contribution in [0.1, 0.15) is 29.0 Å². The molecular formula is C19H17ClN2O3. The van der Waals surface area contributed by atoms with Crippen molar-refractivity contribution in [3.05, 3.63) is 70.9 Å². The summed E-state index contributed by atoms with van der Waals surface area (Å²) < 4.78 is 5.07. The first-order chi connectivity index (χ1) is 12.0. The molecule has 0 saturated heterocycles. The van der Waals surface area contributed by atoms with Gasteiger partial charge < -0.3 is 15.0 Å². The zero-order valence-electron chi connectivity index (χ0n) is 13.6. The number of ether oxygens (including phenoxy) is 1. The van der Waals surface area contributed by atoms with E-state index in [0.717, 1.165) is 16.5 Å². The predicted molar refractivity (Wildman–Crippen MR) is 96.6 cm³/mol. The molecule has 1 amide bonds. The van der Waals surface area contributed by atoms with Crippen molar-refractivity contribution in [3.63, 3.8) is 0 Å². The first-order valence-corrected chi connectivity index (χ1v) is 8.20. The highest BCUT2D eigenvalue weighted by Crippen LogP contribution is 2.17. The second kappa shape index (κ2) is 7.40. The number of esters is 1. The van der Waals surface area contributed by atoms with Gasteiger partial charge in [0, 0.05) is 15.9 Å². The average molecular weight is 357 g/mol. The Labute approximate surface area is 149 Å². The molecule has 0 spiro atoms. The van der Waals surface area contributed by atoms with Crippen molar-refractivity contribution in [1.29, 1.82) is 0 Å². The molecule has 0 aliphatic rings. The Balaban J connectivity index is 1.54. The number of hydrogen-bond acceptors (Lipinski definition) is 3. The number of amides is 1. The number of nitrogens with one attached hydrogen (secondary N) is 2. The number of carbonyl (C=O) groups is 2. The molecule has 0 bridgehead atoms. The zero-order valence-corrected chi connectivity index (χ0v) is 14.3. The van der Waals surface area contributed by atoms with E-state index in [2.05, 4.69) is 10.3 Å². The zero-order chi connectivity index (χ0) is 17.8. The van der Waals surface area contributed by atoms with Crippen LogP contribution >= 0.6 is 11.6 Å². The Morgan fingerprint density at radius 3 is 2.60 bits per heavy atom. The van der Waals surface area contributed by atoms with Crippen LogP contribution in [-0.2, 0) is 9.53 Å². The molecule has 0 aliphatic heterocycles. The Morgan fingerprint density at radius 2 is 1.88 bits per heavy atom. The largest absolute Gasteiger partial charge is 0.451 e. The molecule has 6 heteroatoms. The van der Waals surface area contributed by atoms with Crippen molar-refractivity contribution in [2.45, 2.75) is 13.0 Å². The van der Waals surface area contributed by atoms with Gasteiger partial charge in [0.05, 0.1) is 6.04 Å². The molecular weight excluding hydrogens is 340 g/mol. The lowest BCUT2D eigenvalue weighted by atomic mass is 10.1. The number of halogens is 1. The van der Waals surface area contributed by atoms with Crippen molar-refractivity contribution in [3.8, 4) is 0 Å². The third kappa shape index (κ3) is 4.19. The van der Waals surface area contributed by atoms with E-state index >= 15 is 0 Å². The predicted octanol–water partition coefficient (Wildman–Crippen LogP) is 3.86. The highest BCUT2D eigenvalue weighted by Gasteiger charge is 2.14. The maximum Gasteiger partial charge on any atom is 0.355 e. The molecule has 1 heterocycles. The molecule has 0 unspecified atom stereocenters. The fourth-order valence-corrected chi connectivity index (χ4v) is 2.64. The lowest BCUT2D eigenvalue weighted by molar-refractivity contribution is -0.124. The summed E-state index contributed by atoms with van der Waals surface area (Å²) in [5.74, 6) is -0.933. The van der Waals surface area contributed by atoms with Crippen molar-refractivity contribution in [1.82, 2.24) is 10.3 Å². The fraction of sp³-hybridized carbons (Fsp3) is 0.158. The van der Waals surface area contributed by atoms with Crippen molar-refractivity contribution in [2.75, 3.05) is 6.61 Å². The molecule has 2 aromatic carbocycles. The number of H-pyrrole nitrogens is 1. The van der Waals surface area contributed by atoms with Crippen LogP contribution in [0.5, 0.6) is 0 Å². The highest BCUT2D eigenvalue weighted by molar-refractivity contribution is 6.30. The summed E-state index contributed by atoms with van der Waals surface area (Å²) in [5.41, 5.74) is 2.08. The van der Waals surface area contributed by atoms with E-state index in [0.29, 0.717) is 10.7 Å². The maximum atomic E-state index is 12.1. The molecule has 1 aromatic heterocycles. The molecule has 0 fully saturated rings. The van der Waals surface area contributed by atoms with E-state index in [1.165, 1.54) is 0 Å². The summed E-state index contributed by atoms with van der Waals surface area (Å²) in [6, 6.07) is 16.2. The number of carbonyl (C=O) groups excluding carboxylic acids is 2. The number of rotatable bonds is 5. The van der Waals surface area contributed by atoms with Gasteiger partial charge in [-0.3, -0.25) is 4.79 Å². The van der Waals surface area contributed by atoms with Gasteiger partial charge in [-0.2, -0.15) is 0 Å². The minimum Gasteiger partial charge on any atom is -0.451 e. The van der Waals surface area contributed by atoms with Gasteiger partial charge in [0.2, 0.25) is 0 Å². The topological polar surface area (TPSA) is 71.2 Å². The minimum absolute atomic E-state index is 0.212. The lowest BCUT2D eigenvalue weighted by Crippen LogP contribution is -2.31. The van der Waals surface area contributed by atoms with Gasteiger partial charge in [0.15, 0.2) is 6.61 Å². The number of aromatic nitrogens is 1. The van der Waals surface area contributed by atoms with Crippen LogP contribution < -0.4 is 5.32 Å². The number of hydrogen-bond donors (Lipinski definition) is 2. The Bertz CT molecular complexity index is 869. The molecule has 1 atom stereocenters. The Hall–Kier alpha value is -2.79. The van der Waals surface area contributed by atoms with E-state index in [1.54, 1.807) is 18.2 Å². The summed E-state index contributed by atoms with van der Waals surface area (Å²) in [4.78, 5) is 27.0. The van der Waals surface area contributed by atoms with Crippen LogP contribution in [0, 0.1) is 0 Å². The van der Waals surface area contributed by atoms with Crippen molar-refractivity contribution >= 4 is 34.4 Å². The minimum atomic E-state index is -0.564. The SMILES string of the molecule is C[C@@H](NC(=O)COC(=O)c1cc2ccccc2[nH]1)c1ccc(Cl)cc1. The normalized spacial score (nSPS) is 11.9. The van der Waals surface area contributed by atoms with Gasteiger partial charge in [-0.15, -0.1) is 0 Å². The monoisotopic (exact) mass is 356 g/mol. The third-order valence-electron chi connectivity index (χ3n) is 3.83. The second-order valence-corrected chi connectivity index (χ2v) is 6.12. The van der Waals surface area contributed by atoms with Gasteiger partial charge in [0.1, 0.15) is 5.69 Å². The standard InChI is InChI=1S/C19H17ClN2O3/c1-12(13-6-8-15(20)9-7-13)21-18(23)11-25-19(24)17-10-14-4-2-3-5-16(14)22-17/h2-10,12,22H,11H2,1H3,(H,21,23)/t12-/m1/s1. The Morgan fingerprint density at radius 1 is 1.16 bits per heavy atom. The van der Waals surface area contributed by atoms with Gasteiger partial charge >= 0.3 is 5.97 Å². The average Bonchev–Trinajstić information content (AvgIpc) is 3.04. The lowest BCUT2D eigenvalue weighted by Gasteiger charge is -2.14. The highest BCUT2D eigenvalue weighted by atomic mass is 35.5. The summed E-state index contributed by atoms with van der Waals surface area (Å²) in [6.07, 6.45) is 0. The Kier molecular flexibility index (Phi) is 5.05. The summed E-state index contributed by atoms with van der Waals surface area (Å²) in [5, 5.41) is 4.33. The first-order valence-electron chi connectivity index (χ1n) is 7.82. The van der Waals surface area contributed by atoms with Crippen molar-refractivity contribution in [2.24, 2.45) is 0 Å². The van der Waals surface area contributed by atoms with Crippen molar-refractivity contribution < 1.29 is 14.3 Å². The molecule has 5 nitrogen and oxygen atoms in total. The van der Waals surface area contributed by atoms with Crippen LogP contribution in [0.3, 0.4) is 0 Å². The van der Waals surface area contributed by atoms with Crippen LogP contribution in [-0.4, -0.2) is 23.5 Å². The molecule has 3 rings (SSSR count). The molecule has 0 aliphatic carbocycles. The maximum absolute atomic E-state index is 12.1. The van der Waals surface area contributed by atoms with Crippen LogP contribution in [0.4, 0.5) is 0 Å². The van der Waals surface area contributed by atoms with E-state index in [9.17, 15) is 9.59 Å². The number of benzene rings is 2. The summed E-state index contributed by atoms with van der Waals surface area (Å²) >= 11 is 5.85. The molecule has 128 valence electrons. The van der Waals surface area contributed by atoms with Gasteiger partial charge in [-0.05, 0) is 36.8 Å². The number of fused-ring (bicyclic) bond motifs is 1. The first kappa shape index (κ1) is 17.0. The second-order valence-electron chi connectivity index (χ2n) is 5.69. The third-order valence-corrected chi connectivity index (χ3v) is 4.08. The van der Waals surface area contributed by atoms with Gasteiger partial charge in [-0.1, -0.05) is 41.9 Å². The molecule has 25 heavy (non-hydrogen) atoms. The number of para-hydroxylation sites is 1. The molecule has 3 aromatic rings.